The predicted octanol–water partition coefficient (Wildman–Crippen LogP) is 5.47. The SMILES string of the molecule is CCCN(CCC)C(=O)c1cc(N=O)cc(C(=O)N[C@@H](Cc2ccccc2)[C@@H](O)C(=O)NCCC2CCN(Cc3ccccc3)CC2)c1. The van der Waals surface area contributed by atoms with Gasteiger partial charge in [0.2, 0.25) is 0 Å². The van der Waals surface area contributed by atoms with Crippen molar-refractivity contribution in [2.45, 2.75) is 71.1 Å². The van der Waals surface area contributed by atoms with Crippen molar-refractivity contribution in [3.05, 3.63) is 106 Å². The predicted molar refractivity (Wildman–Crippen MR) is 188 cm³/mol. The summed E-state index contributed by atoms with van der Waals surface area (Å²) in [6.07, 6.45) is 3.10. The van der Waals surface area contributed by atoms with Crippen molar-refractivity contribution >= 4 is 23.4 Å². The number of amides is 3. The summed E-state index contributed by atoms with van der Waals surface area (Å²) in [6, 6.07) is 22.9. The average molecular weight is 656 g/mol. The van der Waals surface area contributed by atoms with Crippen LogP contribution in [0.5, 0.6) is 0 Å². The standard InChI is InChI=1S/C38H49N5O5/c1-3-19-43(20-4-2)38(47)32-24-31(25-33(26-32)41-48)36(45)40-34(23-29-11-7-5-8-12-29)35(44)37(46)39-18-15-28-16-21-42(22-17-28)27-30-13-9-6-10-14-30/h5-14,24-26,28,34-35,44H,3-4,15-23,27H2,1-2H3,(H,39,46)(H,40,45)/t34-,35+/m0/s1. The maximum absolute atomic E-state index is 13.6. The van der Waals surface area contributed by atoms with Gasteiger partial charge >= 0.3 is 0 Å². The lowest BCUT2D eigenvalue weighted by atomic mass is 9.93. The van der Waals surface area contributed by atoms with Crippen LogP contribution in [-0.2, 0) is 17.8 Å². The first-order chi connectivity index (χ1) is 23.3. The topological polar surface area (TPSA) is 131 Å². The summed E-state index contributed by atoms with van der Waals surface area (Å²) < 4.78 is 0. The molecular weight excluding hydrogens is 606 g/mol. The van der Waals surface area contributed by atoms with Crippen LogP contribution < -0.4 is 10.6 Å². The Labute approximate surface area is 283 Å². The van der Waals surface area contributed by atoms with Crippen molar-refractivity contribution in [2.24, 2.45) is 11.1 Å². The molecule has 48 heavy (non-hydrogen) atoms. The molecule has 0 aromatic heterocycles. The maximum atomic E-state index is 13.6. The molecule has 3 amide bonds. The van der Waals surface area contributed by atoms with Gasteiger partial charge in [0.1, 0.15) is 5.69 Å². The highest BCUT2D eigenvalue weighted by Crippen LogP contribution is 2.22. The number of likely N-dealkylation sites (tertiary alicyclic amines) is 1. The highest BCUT2D eigenvalue weighted by molar-refractivity contribution is 6.01. The largest absolute Gasteiger partial charge is 0.381 e. The molecule has 0 aliphatic carbocycles. The second-order valence-electron chi connectivity index (χ2n) is 12.7. The Kier molecular flexibility index (Phi) is 14.3. The van der Waals surface area contributed by atoms with E-state index < -0.39 is 24.0 Å². The molecule has 1 fully saturated rings. The molecule has 3 N–H and O–H groups in total. The van der Waals surface area contributed by atoms with Crippen molar-refractivity contribution < 1.29 is 19.5 Å². The lowest BCUT2D eigenvalue weighted by Gasteiger charge is -2.32. The van der Waals surface area contributed by atoms with Crippen molar-refractivity contribution in [1.82, 2.24) is 20.4 Å². The van der Waals surface area contributed by atoms with E-state index in [2.05, 4.69) is 45.0 Å². The normalized spacial score (nSPS) is 14.9. The molecule has 4 rings (SSSR count). The minimum absolute atomic E-state index is 0.0488. The molecule has 2 atom stereocenters. The van der Waals surface area contributed by atoms with Crippen LogP contribution in [0.4, 0.5) is 5.69 Å². The number of rotatable bonds is 17. The summed E-state index contributed by atoms with van der Waals surface area (Å²) in [4.78, 5) is 55.7. The molecule has 0 bridgehead atoms. The molecule has 0 spiro atoms. The highest BCUT2D eigenvalue weighted by atomic mass is 16.3. The third-order valence-electron chi connectivity index (χ3n) is 8.88. The number of piperidine rings is 1. The number of nitroso groups, excluding NO2 is 1. The van der Waals surface area contributed by atoms with E-state index >= 15 is 0 Å². The average Bonchev–Trinajstić information content (AvgIpc) is 3.12. The first-order valence-electron chi connectivity index (χ1n) is 17.2. The maximum Gasteiger partial charge on any atom is 0.253 e. The fraction of sp³-hybridized carbons (Fsp3) is 0.447. The van der Waals surface area contributed by atoms with Crippen molar-refractivity contribution in [3.63, 3.8) is 0 Å². The van der Waals surface area contributed by atoms with E-state index in [1.165, 1.54) is 23.8 Å². The number of aliphatic hydroxyl groups is 1. The van der Waals surface area contributed by atoms with Crippen LogP contribution >= 0.6 is 0 Å². The molecule has 0 radical (unpaired) electrons. The summed E-state index contributed by atoms with van der Waals surface area (Å²) in [6.45, 7) is 8.41. The van der Waals surface area contributed by atoms with Crippen LogP contribution in [0.25, 0.3) is 0 Å². The van der Waals surface area contributed by atoms with Gasteiger partial charge in [-0.2, -0.15) is 0 Å². The van der Waals surface area contributed by atoms with Crippen LogP contribution in [0.3, 0.4) is 0 Å². The van der Waals surface area contributed by atoms with Crippen molar-refractivity contribution in [1.29, 1.82) is 0 Å². The van der Waals surface area contributed by atoms with Gasteiger partial charge in [0.05, 0.1) is 6.04 Å². The van der Waals surface area contributed by atoms with Gasteiger partial charge < -0.3 is 20.6 Å². The summed E-state index contributed by atoms with van der Waals surface area (Å²) in [5.41, 5.74) is 2.31. The second kappa shape index (κ2) is 18.8. The quantitative estimate of drug-likeness (QED) is 0.166. The number of benzene rings is 3. The molecule has 10 heteroatoms. The Morgan fingerprint density at radius 1 is 0.896 bits per heavy atom. The number of nitrogens with zero attached hydrogens (tertiary/aromatic N) is 3. The monoisotopic (exact) mass is 655 g/mol. The third kappa shape index (κ3) is 10.8. The number of hydrogen-bond donors (Lipinski definition) is 3. The van der Waals surface area contributed by atoms with Gasteiger partial charge in [0, 0.05) is 37.3 Å². The van der Waals surface area contributed by atoms with Crippen LogP contribution in [-0.4, -0.2) is 77.5 Å². The summed E-state index contributed by atoms with van der Waals surface area (Å²) in [7, 11) is 0. The van der Waals surface area contributed by atoms with Gasteiger partial charge in [-0.25, -0.2) is 0 Å². The molecule has 1 saturated heterocycles. The van der Waals surface area contributed by atoms with E-state index in [4.69, 9.17) is 0 Å². The van der Waals surface area contributed by atoms with Crippen molar-refractivity contribution in [3.8, 4) is 0 Å². The zero-order chi connectivity index (χ0) is 34.3. The Morgan fingerprint density at radius 2 is 1.50 bits per heavy atom. The first-order valence-corrected chi connectivity index (χ1v) is 17.2. The summed E-state index contributed by atoms with van der Waals surface area (Å²) in [5.74, 6) is -0.996. The van der Waals surface area contributed by atoms with E-state index in [0.717, 1.165) is 57.3 Å². The van der Waals surface area contributed by atoms with Crippen LogP contribution in [0.2, 0.25) is 0 Å². The Bertz CT molecular complexity index is 1470. The van der Waals surface area contributed by atoms with Gasteiger partial charge in [-0.3, -0.25) is 19.3 Å². The highest BCUT2D eigenvalue weighted by Gasteiger charge is 2.29. The molecule has 1 heterocycles. The number of hydrogen-bond acceptors (Lipinski definition) is 7. The summed E-state index contributed by atoms with van der Waals surface area (Å²) >= 11 is 0. The van der Waals surface area contributed by atoms with E-state index in [9.17, 15) is 24.4 Å². The van der Waals surface area contributed by atoms with E-state index in [-0.39, 0.29) is 29.1 Å². The molecular formula is C38H49N5O5. The van der Waals surface area contributed by atoms with Gasteiger partial charge in [-0.15, -0.1) is 4.91 Å². The molecule has 0 saturated carbocycles. The molecule has 10 nitrogen and oxygen atoms in total. The number of carbonyl (C=O) groups excluding carboxylic acids is 3. The summed E-state index contributed by atoms with van der Waals surface area (Å²) in [5, 5.41) is 19.9. The van der Waals surface area contributed by atoms with Gasteiger partial charge in [0.15, 0.2) is 6.10 Å². The van der Waals surface area contributed by atoms with Gasteiger partial charge in [-0.1, -0.05) is 74.5 Å². The fourth-order valence-electron chi connectivity index (χ4n) is 6.28. The van der Waals surface area contributed by atoms with E-state index in [1.807, 2.05) is 50.2 Å². The molecule has 256 valence electrons. The van der Waals surface area contributed by atoms with Crippen LogP contribution in [0.15, 0.2) is 84.0 Å². The van der Waals surface area contributed by atoms with Crippen LogP contribution in [0.1, 0.15) is 77.8 Å². The fourth-order valence-corrected chi connectivity index (χ4v) is 6.28. The zero-order valence-electron chi connectivity index (χ0n) is 28.1. The molecule has 1 aliphatic rings. The zero-order valence-corrected chi connectivity index (χ0v) is 28.1. The second-order valence-corrected chi connectivity index (χ2v) is 12.7. The first kappa shape index (κ1) is 36.4. The molecule has 3 aromatic carbocycles. The number of aliphatic hydroxyl groups excluding tert-OH is 1. The molecule has 3 aromatic rings. The van der Waals surface area contributed by atoms with E-state index in [1.54, 1.807) is 4.90 Å². The van der Waals surface area contributed by atoms with E-state index in [0.29, 0.717) is 25.6 Å². The minimum Gasteiger partial charge on any atom is -0.381 e. The molecule has 0 unspecified atom stereocenters. The molecule has 1 aliphatic heterocycles. The Hall–Kier alpha value is -4.41. The lowest BCUT2D eigenvalue weighted by molar-refractivity contribution is -0.130. The van der Waals surface area contributed by atoms with Crippen molar-refractivity contribution in [2.75, 3.05) is 32.7 Å². The number of carbonyl (C=O) groups is 3. The third-order valence-corrected chi connectivity index (χ3v) is 8.88. The lowest BCUT2D eigenvalue weighted by Crippen LogP contribution is -2.52. The smallest absolute Gasteiger partial charge is 0.253 e. The minimum atomic E-state index is -1.53. The van der Waals surface area contributed by atoms with Crippen LogP contribution in [0, 0.1) is 10.8 Å². The van der Waals surface area contributed by atoms with Gasteiger partial charge in [-0.05, 0) is 92.0 Å². The number of nitrogens with one attached hydrogen (secondary N) is 2. The van der Waals surface area contributed by atoms with Gasteiger partial charge in [0.25, 0.3) is 17.7 Å². The Morgan fingerprint density at radius 3 is 2.10 bits per heavy atom. The Balaban J connectivity index is 1.38.